The van der Waals surface area contributed by atoms with Gasteiger partial charge in [0.05, 0.1) is 24.4 Å². The van der Waals surface area contributed by atoms with Crippen molar-refractivity contribution < 1.29 is 14.3 Å². The van der Waals surface area contributed by atoms with Crippen molar-refractivity contribution in [3.05, 3.63) is 59.9 Å². The topological polar surface area (TPSA) is 88.6 Å². The predicted molar refractivity (Wildman–Crippen MR) is 147 cm³/mol. The molecule has 8 heteroatoms. The number of nitrogens with one attached hydrogen (secondary N) is 2. The first-order valence-electron chi connectivity index (χ1n) is 12.6. The molecule has 1 amide bonds. The fourth-order valence-corrected chi connectivity index (χ4v) is 4.20. The number of anilines is 3. The number of nitrogens with zero attached hydrogens (tertiary/aromatic N) is 3. The molecule has 2 heterocycles. The lowest BCUT2D eigenvalue weighted by Crippen LogP contribution is -2.23. The summed E-state index contributed by atoms with van der Waals surface area (Å²) in [7, 11) is 0. The molecule has 4 rings (SSSR count). The number of benzene rings is 2. The number of rotatable bonds is 10. The van der Waals surface area contributed by atoms with Gasteiger partial charge in [0.1, 0.15) is 24.0 Å². The van der Waals surface area contributed by atoms with Crippen molar-refractivity contribution in [1.29, 1.82) is 0 Å². The van der Waals surface area contributed by atoms with E-state index < -0.39 is 0 Å². The summed E-state index contributed by atoms with van der Waals surface area (Å²) in [4.78, 5) is 24.0. The van der Waals surface area contributed by atoms with Crippen molar-refractivity contribution in [2.24, 2.45) is 0 Å². The van der Waals surface area contributed by atoms with E-state index in [9.17, 15) is 4.79 Å². The summed E-state index contributed by atoms with van der Waals surface area (Å²) >= 11 is 0. The number of likely N-dealkylation sites (N-methyl/N-ethyl adjacent to an activating group) is 1. The third-order valence-electron chi connectivity index (χ3n) is 6.21. The van der Waals surface area contributed by atoms with Crippen LogP contribution in [-0.2, 0) is 9.53 Å². The first kappa shape index (κ1) is 26.1. The van der Waals surface area contributed by atoms with Crippen LogP contribution in [0.4, 0.5) is 17.2 Å². The summed E-state index contributed by atoms with van der Waals surface area (Å²) in [6.45, 7) is 9.90. The second-order valence-corrected chi connectivity index (χ2v) is 8.93. The number of terminal acetylenes is 1. The van der Waals surface area contributed by atoms with Crippen LogP contribution in [0.5, 0.6) is 5.75 Å². The smallest absolute Gasteiger partial charge is 0.248 e. The summed E-state index contributed by atoms with van der Waals surface area (Å²) < 4.78 is 11.7. The molecule has 0 saturated carbocycles. The first-order chi connectivity index (χ1) is 18.0. The van der Waals surface area contributed by atoms with Gasteiger partial charge in [-0.05, 0) is 49.8 Å². The molecule has 3 aromatic rings. The lowest BCUT2D eigenvalue weighted by molar-refractivity contribution is -0.111. The van der Waals surface area contributed by atoms with Gasteiger partial charge in [-0.1, -0.05) is 25.8 Å². The highest BCUT2D eigenvalue weighted by Crippen LogP contribution is 2.35. The Balaban J connectivity index is 1.66. The van der Waals surface area contributed by atoms with Gasteiger partial charge in [-0.3, -0.25) is 4.79 Å². The summed E-state index contributed by atoms with van der Waals surface area (Å²) in [5.74, 6) is 3.59. The molecular weight excluding hydrogens is 466 g/mol. The van der Waals surface area contributed by atoms with Crippen LogP contribution in [0.25, 0.3) is 10.9 Å². The average molecular weight is 500 g/mol. The Hall–Kier alpha value is -3.93. The maximum absolute atomic E-state index is 12.8. The molecule has 192 valence electrons. The molecule has 0 aliphatic carbocycles. The molecule has 1 aliphatic heterocycles. The fraction of sp³-hybridized carbons (Fsp3) is 0.345. The van der Waals surface area contributed by atoms with E-state index in [1.807, 2.05) is 43.3 Å². The molecule has 0 spiro atoms. The number of aromatic nitrogens is 2. The number of carbonyl (C=O) groups is 1. The monoisotopic (exact) mass is 499 g/mol. The second kappa shape index (κ2) is 12.3. The van der Waals surface area contributed by atoms with Gasteiger partial charge >= 0.3 is 0 Å². The van der Waals surface area contributed by atoms with Gasteiger partial charge in [-0.2, -0.15) is 0 Å². The Bertz CT molecular complexity index is 1320. The minimum atomic E-state index is -0.234. The highest BCUT2D eigenvalue weighted by atomic mass is 16.5. The second-order valence-electron chi connectivity index (χ2n) is 8.93. The van der Waals surface area contributed by atoms with Gasteiger partial charge in [0.25, 0.3) is 0 Å². The third kappa shape index (κ3) is 6.85. The molecule has 1 fully saturated rings. The summed E-state index contributed by atoms with van der Waals surface area (Å²) in [5, 5.41) is 7.08. The maximum atomic E-state index is 12.8. The van der Waals surface area contributed by atoms with Crippen LogP contribution in [0.3, 0.4) is 0 Å². The standard InChI is InChI=1S/C29H33N5O3/c1-5-21-13-20(4)14-22(15-21)32-29-24-16-26(33-28(35)9-8-11-34(6-2)7-3)27(17-25(24)30-19-31-29)37-23-10-12-36-18-23/h1,8-9,13-17,19,23H,6-7,10-12,18H2,2-4H3,(H,33,35)(H,30,31,32). The molecule has 37 heavy (non-hydrogen) atoms. The number of amides is 1. The lowest BCUT2D eigenvalue weighted by Gasteiger charge is -2.18. The van der Waals surface area contributed by atoms with Gasteiger partial charge in [0, 0.05) is 41.7 Å². The van der Waals surface area contributed by atoms with Crippen LogP contribution >= 0.6 is 0 Å². The van der Waals surface area contributed by atoms with Gasteiger partial charge in [0.15, 0.2) is 0 Å². The van der Waals surface area contributed by atoms with Crippen molar-refractivity contribution in [3.63, 3.8) is 0 Å². The van der Waals surface area contributed by atoms with E-state index in [1.165, 1.54) is 6.33 Å². The maximum Gasteiger partial charge on any atom is 0.248 e. The molecule has 1 atom stereocenters. The molecular formula is C29H33N5O3. The zero-order valence-electron chi connectivity index (χ0n) is 21.6. The molecule has 1 aliphatic rings. The zero-order valence-corrected chi connectivity index (χ0v) is 21.6. The van der Waals surface area contributed by atoms with Crippen LogP contribution in [0.2, 0.25) is 0 Å². The quantitative estimate of drug-likeness (QED) is 0.310. The number of ether oxygens (including phenoxy) is 2. The first-order valence-corrected chi connectivity index (χ1v) is 12.6. The van der Waals surface area contributed by atoms with Gasteiger partial charge in [-0.25, -0.2) is 9.97 Å². The van der Waals surface area contributed by atoms with E-state index in [-0.39, 0.29) is 12.0 Å². The number of hydrogen-bond acceptors (Lipinski definition) is 7. The SMILES string of the molecule is C#Cc1cc(C)cc(Nc2ncnc3cc(OC4CCOC4)c(NC(=O)C=CCN(CC)CC)cc23)c1. The third-order valence-corrected chi connectivity index (χ3v) is 6.21. The molecule has 0 bridgehead atoms. The van der Waals surface area contributed by atoms with E-state index in [1.54, 1.807) is 6.08 Å². The molecule has 1 unspecified atom stereocenters. The van der Waals surface area contributed by atoms with Crippen LogP contribution in [0, 0.1) is 19.3 Å². The van der Waals surface area contributed by atoms with E-state index in [2.05, 4.69) is 45.3 Å². The largest absolute Gasteiger partial charge is 0.486 e. The Morgan fingerprint density at radius 2 is 2.08 bits per heavy atom. The number of carbonyl (C=O) groups excluding carboxylic acids is 1. The average Bonchev–Trinajstić information content (AvgIpc) is 3.40. The number of hydrogen-bond donors (Lipinski definition) is 2. The molecule has 0 radical (unpaired) electrons. The Morgan fingerprint density at radius 3 is 2.81 bits per heavy atom. The van der Waals surface area contributed by atoms with Gasteiger partial charge < -0.3 is 25.0 Å². The van der Waals surface area contributed by atoms with Crippen molar-refractivity contribution in [3.8, 4) is 18.1 Å². The fourth-order valence-electron chi connectivity index (χ4n) is 4.20. The Labute approximate surface area is 218 Å². The van der Waals surface area contributed by atoms with Crippen LogP contribution in [0.15, 0.2) is 48.8 Å². The normalized spacial score (nSPS) is 15.3. The zero-order chi connectivity index (χ0) is 26.2. The van der Waals surface area contributed by atoms with Crippen molar-refractivity contribution >= 4 is 34.0 Å². The van der Waals surface area contributed by atoms with Crippen LogP contribution in [0.1, 0.15) is 31.4 Å². The molecule has 8 nitrogen and oxygen atoms in total. The minimum absolute atomic E-state index is 0.0831. The van der Waals surface area contributed by atoms with Crippen molar-refractivity contribution in [2.75, 3.05) is 43.5 Å². The minimum Gasteiger partial charge on any atom is -0.486 e. The van der Waals surface area contributed by atoms with Gasteiger partial charge in [-0.15, -0.1) is 6.42 Å². The highest BCUT2D eigenvalue weighted by molar-refractivity contribution is 6.03. The van der Waals surface area contributed by atoms with E-state index in [0.717, 1.165) is 41.7 Å². The molecule has 2 N–H and O–H groups in total. The number of fused-ring (bicyclic) bond motifs is 1. The Kier molecular flexibility index (Phi) is 8.72. The number of aryl methyl sites for hydroxylation is 1. The highest BCUT2D eigenvalue weighted by Gasteiger charge is 2.20. The van der Waals surface area contributed by atoms with Crippen molar-refractivity contribution in [2.45, 2.75) is 33.3 Å². The van der Waals surface area contributed by atoms with Crippen LogP contribution < -0.4 is 15.4 Å². The van der Waals surface area contributed by atoms with E-state index in [4.69, 9.17) is 15.9 Å². The molecule has 1 aromatic heterocycles. The molecule has 2 aromatic carbocycles. The van der Waals surface area contributed by atoms with E-state index in [0.29, 0.717) is 42.5 Å². The predicted octanol–water partition coefficient (Wildman–Crippen LogP) is 4.67. The molecule has 1 saturated heterocycles. The summed E-state index contributed by atoms with van der Waals surface area (Å²) in [6, 6.07) is 9.51. The van der Waals surface area contributed by atoms with E-state index >= 15 is 0 Å². The van der Waals surface area contributed by atoms with Crippen molar-refractivity contribution in [1.82, 2.24) is 14.9 Å². The summed E-state index contributed by atoms with van der Waals surface area (Å²) in [6.07, 6.45) is 11.2. The summed E-state index contributed by atoms with van der Waals surface area (Å²) in [5.41, 5.74) is 3.87. The lowest BCUT2D eigenvalue weighted by atomic mass is 10.1. The Morgan fingerprint density at radius 1 is 1.24 bits per heavy atom. The van der Waals surface area contributed by atoms with Gasteiger partial charge in [0.2, 0.25) is 5.91 Å². The van der Waals surface area contributed by atoms with Crippen LogP contribution in [-0.4, -0.2) is 59.7 Å².